The van der Waals surface area contributed by atoms with Crippen LogP contribution in [-0.4, -0.2) is 67.2 Å². The summed E-state index contributed by atoms with van der Waals surface area (Å²) in [5, 5.41) is 5.78. The molecule has 1 unspecified atom stereocenters. The third-order valence-electron chi connectivity index (χ3n) is 5.63. The number of primary amides is 1. The Balaban J connectivity index is 1.34. The molecule has 3 rings (SSSR count). The number of rotatable bonds is 5. The first kappa shape index (κ1) is 17.3. The zero-order valence-electron chi connectivity index (χ0n) is 14.5. The van der Waals surface area contributed by atoms with E-state index < -0.39 is 6.03 Å². The van der Waals surface area contributed by atoms with E-state index in [2.05, 4.69) is 15.5 Å². The van der Waals surface area contributed by atoms with Crippen molar-refractivity contribution in [1.82, 2.24) is 20.4 Å². The molecule has 0 radical (unpaired) electrons. The minimum absolute atomic E-state index is 0.0448. The van der Waals surface area contributed by atoms with E-state index in [-0.39, 0.29) is 6.03 Å². The summed E-state index contributed by atoms with van der Waals surface area (Å²) >= 11 is 0. The molecule has 1 saturated carbocycles. The second-order valence-corrected chi connectivity index (χ2v) is 7.60. The lowest BCUT2D eigenvalue weighted by Gasteiger charge is -2.34. The van der Waals surface area contributed by atoms with E-state index in [1.807, 2.05) is 4.90 Å². The standard InChI is InChI=1S/C17H31N5O2/c18-16(23)19-11-14-2-1-7-22(12-14)17(24)20-10-13-5-8-21(9-6-13)15-3-4-15/h13-15H,1-12H2,(H,20,24)(H3,18,19,23). The molecule has 24 heavy (non-hydrogen) atoms. The highest BCUT2D eigenvalue weighted by Gasteiger charge is 2.32. The van der Waals surface area contributed by atoms with Gasteiger partial charge in [0.25, 0.3) is 0 Å². The van der Waals surface area contributed by atoms with Crippen LogP contribution in [0.3, 0.4) is 0 Å². The van der Waals surface area contributed by atoms with Crippen LogP contribution in [0.15, 0.2) is 0 Å². The summed E-state index contributed by atoms with van der Waals surface area (Å²) < 4.78 is 0. The molecular weight excluding hydrogens is 306 g/mol. The molecule has 0 aromatic heterocycles. The molecule has 0 aromatic rings. The fourth-order valence-electron chi connectivity index (χ4n) is 3.97. The van der Waals surface area contributed by atoms with Crippen molar-refractivity contribution in [3.05, 3.63) is 0 Å². The van der Waals surface area contributed by atoms with Crippen LogP contribution in [0.2, 0.25) is 0 Å². The molecule has 2 saturated heterocycles. The van der Waals surface area contributed by atoms with Crippen LogP contribution in [0.25, 0.3) is 0 Å². The van der Waals surface area contributed by atoms with Crippen LogP contribution >= 0.6 is 0 Å². The number of hydrogen-bond donors (Lipinski definition) is 3. The second kappa shape index (κ2) is 8.05. The van der Waals surface area contributed by atoms with Crippen LogP contribution in [0.5, 0.6) is 0 Å². The first-order valence-electron chi connectivity index (χ1n) is 9.42. The van der Waals surface area contributed by atoms with Gasteiger partial charge < -0.3 is 26.2 Å². The number of nitrogens with one attached hydrogen (secondary N) is 2. The molecule has 7 nitrogen and oxygen atoms in total. The summed E-state index contributed by atoms with van der Waals surface area (Å²) in [6.07, 6.45) is 7.16. The first-order chi connectivity index (χ1) is 11.6. The van der Waals surface area contributed by atoms with Gasteiger partial charge in [0, 0.05) is 32.2 Å². The van der Waals surface area contributed by atoms with Crippen LogP contribution in [0.1, 0.15) is 38.5 Å². The van der Waals surface area contributed by atoms with Crippen LogP contribution in [0.4, 0.5) is 9.59 Å². The lowest BCUT2D eigenvalue weighted by atomic mass is 9.96. The summed E-state index contributed by atoms with van der Waals surface area (Å²) in [7, 11) is 0. The normalized spacial score (nSPS) is 26.2. The monoisotopic (exact) mass is 337 g/mol. The van der Waals surface area contributed by atoms with Gasteiger partial charge in [-0.1, -0.05) is 0 Å². The fourth-order valence-corrected chi connectivity index (χ4v) is 3.97. The zero-order chi connectivity index (χ0) is 16.9. The topological polar surface area (TPSA) is 90.7 Å². The third-order valence-corrected chi connectivity index (χ3v) is 5.63. The van der Waals surface area contributed by atoms with Crippen LogP contribution in [-0.2, 0) is 0 Å². The largest absolute Gasteiger partial charge is 0.352 e. The number of nitrogens with zero attached hydrogens (tertiary/aromatic N) is 2. The highest BCUT2D eigenvalue weighted by molar-refractivity contribution is 5.74. The number of likely N-dealkylation sites (tertiary alicyclic amines) is 2. The number of piperidine rings is 2. The van der Waals surface area contributed by atoms with Gasteiger partial charge in [-0.15, -0.1) is 0 Å². The van der Waals surface area contributed by atoms with Gasteiger partial charge in [0.15, 0.2) is 0 Å². The summed E-state index contributed by atoms with van der Waals surface area (Å²) in [6.45, 7) is 5.23. The molecule has 1 atom stereocenters. The van der Waals surface area contributed by atoms with Gasteiger partial charge in [0.2, 0.25) is 0 Å². The quantitative estimate of drug-likeness (QED) is 0.697. The summed E-state index contributed by atoms with van der Waals surface area (Å²) in [5.41, 5.74) is 5.12. The van der Waals surface area contributed by atoms with Crippen LogP contribution < -0.4 is 16.4 Å². The van der Waals surface area contributed by atoms with Crippen molar-refractivity contribution in [2.24, 2.45) is 17.6 Å². The van der Waals surface area contributed by atoms with E-state index in [9.17, 15) is 9.59 Å². The number of hydrogen-bond acceptors (Lipinski definition) is 3. The Labute approximate surface area is 144 Å². The van der Waals surface area contributed by atoms with E-state index >= 15 is 0 Å². The Hall–Kier alpha value is -1.50. The maximum atomic E-state index is 12.4. The fraction of sp³-hybridized carbons (Fsp3) is 0.882. The number of urea groups is 2. The lowest BCUT2D eigenvalue weighted by molar-refractivity contribution is 0.153. The average Bonchev–Trinajstić information content (AvgIpc) is 3.43. The maximum absolute atomic E-state index is 12.4. The molecule has 3 fully saturated rings. The van der Waals surface area contributed by atoms with Gasteiger partial charge in [0.1, 0.15) is 0 Å². The zero-order valence-corrected chi connectivity index (χ0v) is 14.5. The number of amides is 4. The van der Waals surface area contributed by atoms with Gasteiger partial charge in [-0.2, -0.15) is 0 Å². The highest BCUT2D eigenvalue weighted by atomic mass is 16.2. The van der Waals surface area contributed by atoms with Gasteiger partial charge >= 0.3 is 12.1 Å². The minimum atomic E-state index is -0.492. The van der Waals surface area contributed by atoms with Gasteiger partial charge in [-0.25, -0.2) is 9.59 Å². The summed E-state index contributed by atoms with van der Waals surface area (Å²) in [6, 6.07) is 0.414. The molecule has 4 amide bonds. The molecule has 0 bridgehead atoms. The SMILES string of the molecule is NC(=O)NCC1CCCN(C(=O)NCC2CCN(C3CC3)CC2)C1. The van der Waals surface area contributed by atoms with Crippen molar-refractivity contribution >= 4 is 12.1 Å². The van der Waals surface area contributed by atoms with Crippen molar-refractivity contribution in [3.63, 3.8) is 0 Å². The highest BCUT2D eigenvalue weighted by Crippen LogP contribution is 2.30. The molecule has 136 valence electrons. The molecule has 0 spiro atoms. The Morgan fingerprint density at radius 2 is 1.62 bits per heavy atom. The minimum Gasteiger partial charge on any atom is -0.352 e. The van der Waals surface area contributed by atoms with E-state index in [0.717, 1.165) is 32.0 Å². The lowest BCUT2D eigenvalue weighted by Crippen LogP contribution is -2.49. The van der Waals surface area contributed by atoms with E-state index in [1.54, 1.807) is 0 Å². The van der Waals surface area contributed by atoms with Crippen molar-refractivity contribution in [2.75, 3.05) is 39.3 Å². The van der Waals surface area contributed by atoms with Gasteiger partial charge in [-0.3, -0.25) is 0 Å². The molecule has 3 aliphatic rings. The molecule has 2 heterocycles. The van der Waals surface area contributed by atoms with Crippen LogP contribution in [0, 0.1) is 11.8 Å². The Morgan fingerprint density at radius 3 is 2.29 bits per heavy atom. The second-order valence-electron chi connectivity index (χ2n) is 7.60. The number of carbonyl (C=O) groups is 2. The molecule has 1 aliphatic carbocycles. The maximum Gasteiger partial charge on any atom is 0.317 e. The molecule has 0 aromatic carbocycles. The average molecular weight is 337 g/mol. The molecule has 7 heteroatoms. The predicted octanol–water partition coefficient (Wildman–Crippen LogP) is 0.951. The van der Waals surface area contributed by atoms with Crippen molar-refractivity contribution < 1.29 is 9.59 Å². The van der Waals surface area contributed by atoms with Gasteiger partial charge in [0.05, 0.1) is 0 Å². The Bertz CT molecular complexity index is 446. The first-order valence-corrected chi connectivity index (χ1v) is 9.42. The summed E-state index contributed by atoms with van der Waals surface area (Å²) in [4.78, 5) is 27.7. The smallest absolute Gasteiger partial charge is 0.317 e. The van der Waals surface area contributed by atoms with Crippen molar-refractivity contribution in [2.45, 2.75) is 44.6 Å². The van der Waals surface area contributed by atoms with Crippen molar-refractivity contribution in [1.29, 1.82) is 0 Å². The third kappa shape index (κ3) is 5.00. The predicted molar refractivity (Wildman–Crippen MR) is 92.6 cm³/mol. The van der Waals surface area contributed by atoms with Crippen molar-refractivity contribution in [3.8, 4) is 0 Å². The number of nitrogens with two attached hydrogens (primary N) is 1. The molecular formula is C17H31N5O2. The van der Waals surface area contributed by atoms with E-state index in [1.165, 1.54) is 38.8 Å². The Morgan fingerprint density at radius 1 is 0.917 bits per heavy atom. The van der Waals surface area contributed by atoms with E-state index in [4.69, 9.17) is 5.73 Å². The van der Waals surface area contributed by atoms with Gasteiger partial charge in [-0.05, 0) is 63.5 Å². The summed E-state index contributed by atoms with van der Waals surface area (Å²) in [5.74, 6) is 0.917. The molecule has 2 aliphatic heterocycles. The Kier molecular flexibility index (Phi) is 5.81. The number of carbonyl (C=O) groups excluding carboxylic acids is 2. The molecule has 4 N–H and O–H groups in total. The van der Waals surface area contributed by atoms with E-state index in [0.29, 0.717) is 24.9 Å².